The van der Waals surface area contributed by atoms with Crippen molar-refractivity contribution in [1.82, 2.24) is 9.80 Å². The summed E-state index contributed by atoms with van der Waals surface area (Å²) in [6.45, 7) is 2.69. The van der Waals surface area contributed by atoms with Gasteiger partial charge in [0, 0.05) is 31.6 Å². The minimum atomic E-state index is 0.0140. The lowest BCUT2D eigenvalue weighted by Crippen LogP contribution is -2.51. The number of phenolic OH excluding ortho intramolecular Hbond substituents is 1. The highest BCUT2D eigenvalue weighted by molar-refractivity contribution is 5.88. The Hall–Kier alpha value is -3.74. The zero-order valence-corrected chi connectivity index (χ0v) is 18.5. The third-order valence-electron chi connectivity index (χ3n) is 5.73. The number of aromatic hydroxyl groups is 1. The second-order valence-electron chi connectivity index (χ2n) is 7.93. The number of carbonyl (C=O) groups is 2. The van der Waals surface area contributed by atoms with Crippen molar-refractivity contribution in [3.05, 3.63) is 66.7 Å². The van der Waals surface area contributed by atoms with Gasteiger partial charge in [-0.1, -0.05) is 36.4 Å². The van der Waals surface area contributed by atoms with Crippen LogP contribution < -0.4 is 9.47 Å². The Kier molecular flexibility index (Phi) is 7.29. The second kappa shape index (κ2) is 10.7. The van der Waals surface area contributed by atoms with E-state index in [2.05, 4.69) is 0 Å². The fourth-order valence-electron chi connectivity index (χ4n) is 3.89. The fraction of sp³-hybridized carbons (Fsp3) is 0.308. The van der Waals surface area contributed by atoms with E-state index in [0.29, 0.717) is 45.0 Å². The first-order valence-corrected chi connectivity index (χ1v) is 11.2. The molecule has 4 rings (SSSR count). The summed E-state index contributed by atoms with van der Waals surface area (Å²) in [6.07, 6.45) is 0.575. The van der Waals surface area contributed by atoms with Crippen LogP contribution in [0.1, 0.15) is 12.8 Å². The molecule has 0 bridgehead atoms. The van der Waals surface area contributed by atoms with E-state index >= 15 is 0 Å². The Labute approximate surface area is 193 Å². The number of rotatable bonds is 8. The van der Waals surface area contributed by atoms with Gasteiger partial charge in [-0.15, -0.1) is 0 Å². The lowest BCUT2D eigenvalue weighted by Gasteiger charge is -2.35. The molecule has 1 fully saturated rings. The highest BCUT2D eigenvalue weighted by Gasteiger charge is 2.23. The molecule has 172 valence electrons. The van der Waals surface area contributed by atoms with Gasteiger partial charge < -0.3 is 24.4 Å². The number of benzene rings is 3. The molecule has 0 radical (unpaired) electrons. The van der Waals surface area contributed by atoms with E-state index in [-0.39, 0.29) is 30.6 Å². The normalized spacial score (nSPS) is 13.7. The predicted octanol–water partition coefficient (Wildman–Crippen LogP) is 3.45. The van der Waals surface area contributed by atoms with Crippen LogP contribution in [0.5, 0.6) is 17.2 Å². The molecule has 33 heavy (non-hydrogen) atoms. The van der Waals surface area contributed by atoms with Crippen molar-refractivity contribution >= 4 is 22.6 Å². The van der Waals surface area contributed by atoms with Gasteiger partial charge in [-0.3, -0.25) is 9.59 Å². The van der Waals surface area contributed by atoms with Gasteiger partial charge in [-0.05, 0) is 35.7 Å². The number of piperazine rings is 1. The Bertz CT molecular complexity index is 1090. The molecule has 0 atom stereocenters. The van der Waals surface area contributed by atoms with Crippen molar-refractivity contribution in [2.75, 3.05) is 39.4 Å². The summed E-state index contributed by atoms with van der Waals surface area (Å²) in [5.41, 5.74) is 0. The number of amides is 2. The maximum Gasteiger partial charge on any atom is 0.226 e. The molecule has 0 spiro atoms. The van der Waals surface area contributed by atoms with E-state index in [1.165, 1.54) is 0 Å². The quantitative estimate of drug-likeness (QED) is 0.571. The fourth-order valence-corrected chi connectivity index (χ4v) is 3.89. The van der Waals surface area contributed by atoms with Crippen molar-refractivity contribution < 1.29 is 24.2 Å². The predicted molar refractivity (Wildman–Crippen MR) is 125 cm³/mol. The number of ether oxygens (including phenoxy) is 2. The van der Waals surface area contributed by atoms with E-state index < -0.39 is 0 Å². The zero-order valence-electron chi connectivity index (χ0n) is 18.5. The minimum absolute atomic E-state index is 0.0140. The Morgan fingerprint density at radius 3 is 1.97 bits per heavy atom. The lowest BCUT2D eigenvalue weighted by atomic mass is 10.1. The van der Waals surface area contributed by atoms with E-state index in [1.807, 2.05) is 42.5 Å². The summed E-state index contributed by atoms with van der Waals surface area (Å²) >= 11 is 0. The first kappa shape index (κ1) is 22.5. The van der Waals surface area contributed by atoms with Crippen molar-refractivity contribution in [3.63, 3.8) is 0 Å². The second-order valence-corrected chi connectivity index (χ2v) is 7.93. The average Bonchev–Trinajstić information content (AvgIpc) is 2.85. The van der Waals surface area contributed by atoms with Crippen LogP contribution in [-0.4, -0.2) is 66.1 Å². The molecular formula is C26H28N2O5. The Morgan fingerprint density at radius 2 is 1.30 bits per heavy atom. The number of carbonyl (C=O) groups excluding carboxylic acids is 2. The van der Waals surface area contributed by atoms with Crippen LogP contribution in [-0.2, 0) is 9.59 Å². The summed E-state index contributed by atoms with van der Waals surface area (Å²) < 4.78 is 11.4. The van der Waals surface area contributed by atoms with Gasteiger partial charge in [0.15, 0.2) is 0 Å². The minimum Gasteiger partial charge on any atom is -0.508 e. The molecule has 1 heterocycles. The Morgan fingerprint density at radius 1 is 0.727 bits per heavy atom. The van der Waals surface area contributed by atoms with E-state index in [9.17, 15) is 14.7 Å². The SMILES string of the molecule is O=C(CCOc1ccc(O)cc1)N1CCN(C(=O)CCOc2cccc3ccccc23)CC1. The maximum absolute atomic E-state index is 12.6. The lowest BCUT2D eigenvalue weighted by molar-refractivity contribution is -0.140. The first-order valence-electron chi connectivity index (χ1n) is 11.2. The van der Waals surface area contributed by atoms with Crippen LogP contribution in [0.25, 0.3) is 10.8 Å². The van der Waals surface area contributed by atoms with Crippen molar-refractivity contribution in [1.29, 1.82) is 0 Å². The van der Waals surface area contributed by atoms with Gasteiger partial charge in [-0.25, -0.2) is 0 Å². The van der Waals surface area contributed by atoms with Gasteiger partial charge in [0.25, 0.3) is 0 Å². The van der Waals surface area contributed by atoms with E-state index in [4.69, 9.17) is 9.47 Å². The van der Waals surface area contributed by atoms with Gasteiger partial charge in [0.2, 0.25) is 11.8 Å². The molecule has 7 heteroatoms. The molecule has 0 saturated carbocycles. The number of hydrogen-bond acceptors (Lipinski definition) is 5. The Balaban J connectivity index is 1.16. The largest absolute Gasteiger partial charge is 0.508 e. The highest BCUT2D eigenvalue weighted by Crippen LogP contribution is 2.25. The molecule has 1 N–H and O–H groups in total. The molecule has 1 aliphatic heterocycles. The van der Waals surface area contributed by atoms with Crippen molar-refractivity contribution in [2.24, 2.45) is 0 Å². The molecule has 0 aliphatic carbocycles. The zero-order chi connectivity index (χ0) is 23.0. The van der Waals surface area contributed by atoms with Crippen LogP contribution in [0, 0.1) is 0 Å². The van der Waals surface area contributed by atoms with Crippen molar-refractivity contribution in [3.8, 4) is 17.2 Å². The molecule has 7 nitrogen and oxygen atoms in total. The third kappa shape index (κ3) is 5.94. The molecule has 2 amide bonds. The van der Waals surface area contributed by atoms with E-state index in [0.717, 1.165) is 16.5 Å². The maximum atomic E-state index is 12.6. The summed E-state index contributed by atoms with van der Waals surface area (Å²) in [6, 6.07) is 20.3. The molecule has 3 aromatic carbocycles. The molecule has 1 aliphatic rings. The van der Waals surface area contributed by atoms with Gasteiger partial charge in [0.05, 0.1) is 26.1 Å². The van der Waals surface area contributed by atoms with Crippen LogP contribution >= 0.6 is 0 Å². The topological polar surface area (TPSA) is 79.3 Å². The smallest absolute Gasteiger partial charge is 0.226 e. The van der Waals surface area contributed by atoms with Crippen LogP contribution in [0.15, 0.2) is 66.7 Å². The molecule has 3 aromatic rings. The standard InChI is InChI=1S/C26H28N2O5/c29-21-8-10-22(11-9-21)32-18-12-25(30)27-14-16-28(17-15-27)26(31)13-19-33-24-7-3-5-20-4-1-2-6-23(20)24/h1-11,29H,12-19H2. The average molecular weight is 449 g/mol. The highest BCUT2D eigenvalue weighted by atomic mass is 16.5. The summed E-state index contributed by atoms with van der Waals surface area (Å²) in [4.78, 5) is 28.6. The monoisotopic (exact) mass is 448 g/mol. The number of phenols is 1. The van der Waals surface area contributed by atoms with Crippen molar-refractivity contribution in [2.45, 2.75) is 12.8 Å². The third-order valence-corrected chi connectivity index (χ3v) is 5.73. The molecular weight excluding hydrogens is 420 g/mol. The molecule has 0 unspecified atom stereocenters. The van der Waals surface area contributed by atoms with Gasteiger partial charge in [0.1, 0.15) is 17.2 Å². The van der Waals surface area contributed by atoms with Crippen LogP contribution in [0.4, 0.5) is 0 Å². The van der Waals surface area contributed by atoms with Gasteiger partial charge >= 0.3 is 0 Å². The number of fused-ring (bicyclic) bond motifs is 1. The van der Waals surface area contributed by atoms with Crippen LogP contribution in [0.3, 0.4) is 0 Å². The number of hydrogen-bond donors (Lipinski definition) is 1. The molecule has 1 saturated heterocycles. The van der Waals surface area contributed by atoms with E-state index in [1.54, 1.807) is 34.1 Å². The first-order chi connectivity index (χ1) is 16.1. The summed E-state index contributed by atoms with van der Waals surface area (Å²) in [5.74, 6) is 1.62. The van der Waals surface area contributed by atoms with Gasteiger partial charge in [-0.2, -0.15) is 0 Å². The number of nitrogens with zero attached hydrogens (tertiary/aromatic N) is 2. The van der Waals surface area contributed by atoms with Crippen LogP contribution in [0.2, 0.25) is 0 Å². The molecule has 0 aromatic heterocycles. The summed E-state index contributed by atoms with van der Waals surface area (Å²) in [5, 5.41) is 11.4. The summed E-state index contributed by atoms with van der Waals surface area (Å²) in [7, 11) is 0.